The molecule has 156 valence electrons. The van der Waals surface area contributed by atoms with Crippen molar-refractivity contribution in [3.8, 4) is 5.75 Å². The van der Waals surface area contributed by atoms with E-state index in [9.17, 15) is 9.59 Å². The Bertz CT molecular complexity index is 846. The second-order valence-corrected chi connectivity index (χ2v) is 8.16. The number of aryl methyl sites for hydroxylation is 1. The molecule has 1 fully saturated rings. The number of rotatable bonds is 7. The van der Waals surface area contributed by atoms with Crippen LogP contribution in [0.5, 0.6) is 5.75 Å². The molecule has 0 bridgehead atoms. The summed E-state index contributed by atoms with van der Waals surface area (Å²) in [6.45, 7) is 5.69. The number of carbonyl (C=O) groups excluding carboxylic acids is 2. The Morgan fingerprint density at radius 3 is 2.69 bits per heavy atom. The molecule has 2 aromatic rings. The molecular weight excluding hydrogens is 388 g/mol. The van der Waals surface area contributed by atoms with Crippen molar-refractivity contribution in [2.24, 2.45) is 5.92 Å². The van der Waals surface area contributed by atoms with E-state index in [0.717, 1.165) is 42.9 Å². The van der Waals surface area contributed by atoms with E-state index in [-0.39, 0.29) is 23.8 Å². The van der Waals surface area contributed by atoms with Crippen LogP contribution in [0.3, 0.4) is 0 Å². The zero-order valence-corrected chi connectivity index (χ0v) is 17.9. The third-order valence-corrected chi connectivity index (χ3v) is 6.20. The molecule has 7 nitrogen and oxygen atoms in total. The van der Waals surface area contributed by atoms with Crippen LogP contribution in [0.25, 0.3) is 0 Å². The molecule has 1 aliphatic heterocycles. The summed E-state index contributed by atoms with van der Waals surface area (Å²) in [7, 11) is 1.62. The molecule has 1 saturated heterocycles. The fourth-order valence-corrected chi connectivity index (χ4v) is 4.20. The number of methoxy groups -OCH3 is 1. The van der Waals surface area contributed by atoms with Crippen molar-refractivity contribution in [1.29, 1.82) is 0 Å². The molecule has 0 aliphatic carbocycles. The molecule has 0 saturated carbocycles. The Morgan fingerprint density at radius 2 is 2.03 bits per heavy atom. The lowest BCUT2D eigenvalue weighted by Crippen LogP contribution is -2.49. The number of para-hydroxylation sites is 1. The lowest BCUT2D eigenvalue weighted by atomic mass is 9.95. The number of hydrogen-bond acceptors (Lipinski definition) is 6. The van der Waals surface area contributed by atoms with E-state index in [1.807, 2.05) is 43.5 Å². The lowest BCUT2D eigenvalue weighted by Gasteiger charge is -2.34. The summed E-state index contributed by atoms with van der Waals surface area (Å²) in [4.78, 5) is 31.5. The van der Waals surface area contributed by atoms with Gasteiger partial charge in [-0.05, 0) is 45.8 Å². The quantitative estimate of drug-likeness (QED) is 0.725. The SMILES string of the molecule is COc1ccccc1CNC(=O)C(C)N1CCC(C(=O)Nc2nc(C)cs2)CC1. The van der Waals surface area contributed by atoms with Gasteiger partial charge in [0, 0.05) is 23.4 Å². The summed E-state index contributed by atoms with van der Waals surface area (Å²) < 4.78 is 5.33. The first kappa shape index (κ1) is 21.3. The zero-order valence-electron chi connectivity index (χ0n) is 17.1. The summed E-state index contributed by atoms with van der Waals surface area (Å²) >= 11 is 1.44. The molecular formula is C21H28N4O3S. The Balaban J connectivity index is 1.45. The fourth-order valence-electron chi connectivity index (χ4n) is 3.51. The number of piperidine rings is 1. The first-order valence-electron chi connectivity index (χ1n) is 9.84. The van der Waals surface area contributed by atoms with Crippen molar-refractivity contribution in [2.45, 2.75) is 39.3 Å². The number of nitrogens with zero attached hydrogens (tertiary/aromatic N) is 2. The maximum Gasteiger partial charge on any atom is 0.237 e. The monoisotopic (exact) mass is 416 g/mol. The van der Waals surface area contributed by atoms with Crippen molar-refractivity contribution < 1.29 is 14.3 Å². The highest BCUT2D eigenvalue weighted by Crippen LogP contribution is 2.23. The Hall–Kier alpha value is -2.45. The van der Waals surface area contributed by atoms with Gasteiger partial charge in [0.2, 0.25) is 11.8 Å². The highest BCUT2D eigenvalue weighted by Gasteiger charge is 2.30. The van der Waals surface area contributed by atoms with Crippen LogP contribution < -0.4 is 15.4 Å². The van der Waals surface area contributed by atoms with E-state index < -0.39 is 0 Å². The Labute approximate surface area is 175 Å². The third-order valence-electron chi connectivity index (χ3n) is 5.32. The van der Waals surface area contributed by atoms with E-state index >= 15 is 0 Å². The van der Waals surface area contributed by atoms with Gasteiger partial charge in [-0.1, -0.05) is 18.2 Å². The molecule has 3 rings (SSSR count). The highest BCUT2D eigenvalue weighted by molar-refractivity contribution is 7.13. The molecule has 2 heterocycles. The minimum absolute atomic E-state index is 0.0166. The first-order valence-corrected chi connectivity index (χ1v) is 10.7. The molecule has 8 heteroatoms. The van der Waals surface area contributed by atoms with E-state index in [0.29, 0.717) is 11.7 Å². The molecule has 0 spiro atoms. The number of anilines is 1. The van der Waals surface area contributed by atoms with Crippen LogP contribution in [0.1, 0.15) is 31.0 Å². The maximum atomic E-state index is 12.6. The zero-order chi connectivity index (χ0) is 20.8. The van der Waals surface area contributed by atoms with Crippen molar-refractivity contribution >= 4 is 28.3 Å². The average molecular weight is 417 g/mol. The number of aromatic nitrogens is 1. The van der Waals surface area contributed by atoms with Gasteiger partial charge in [-0.25, -0.2) is 4.98 Å². The highest BCUT2D eigenvalue weighted by atomic mass is 32.1. The molecule has 1 aliphatic rings. The number of likely N-dealkylation sites (tertiary alicyclic amines) is 1. The van der Waals surface area contributed by atoms with Gasteiger partial charge in [0.05, 0.1) is 18.8 Å². The van der Waals surface area contributed by atoms with E-state index in [4.69, 9.17) is 4.74 Å². The van der Waals surface area contributed by atoms with Crippen molar-refractivity contribution in [3.05, 3.63) is 40.9 Å². The number of thiazole rings is 1. The van der Waals surface area contributed by atoms with Crippen LogP contribution in [-0.2, 0) is 16.1 Å². The molecule has 1 aromatic heterocycles. The van der Waals surface area contributed by atoms with Gasteiger partial charge in [0.25, 0.3) is 0 Å². The maximum absolute atomic E-state index is 12.6. The smallest absolute Gasteiger partial charge is 0.237 e. The summed E-state index contributed by atoms with van der Waals surface area (Å²) in [5.74, 6) is 0.728. The molecule has 1 unspecified atom stereocenters. The van der Waals surface area contributed by atoms with Crippen LogP contribution in [0.4, 0.5) is 5.13 Å². The number of nitrogens with one attached hydrogen (secondary N) is 2. The van der Waals surface area contributed by atoms with Gasteiger partial charge in [-0.2, -0.15) is 0 Å². The van der Waals surface area contributed by atoms with Gasteiger partial charge in [-0.3, -0.25) is 14.5 Å². The van der Waals surface area contributed by atoms with Gasteiger partial charge in [0.1, 0.15) is 5.75 Å². The number of hydrogen-bond donors (Lipinski definition) is 2. The summed E-state index contributed by atoms with van der Waals surface area (Å²) in [5, 5.41) is 8.47. The fraction of sp³-hybridized carbons (Fsp3) is 0.476. The van der Waals surface area contributed by atoms with E-state index in [2.05, 4.69) is 20.5 Å². The first-order chi connectivity index (χ1) is 14.0. The van der Waals surface area contributed by atoms with Gasteiger partial charge in [-0.15, -0.1) is 11.3 Å². The number of benzene rings is 1. The van der Waals surface area contributed by atoms with Crippen LogP contribution in [0.15, 0.2) is 29.6 Å². The van der Waals surface area contributed by atoms with Crippen LogP contribution in [0, 0.1) is 12.8 Å². The van der Waals surface area contributed by atoms with Gasteiger partial charge >= 0.3 is 0 Å². The lowest BCUT2D eigenvalue weighted by molar-refractivity contribution is -0.127. The second kappa shape index (κ2) is 9.84. The van der Waals surface area contributed by atoms with Crippen LogP contribution in [-0.4, -0.2) is 47.9 Å². The normalized spacial score (nSPS) is 16.2. The molecule has 2 N–H and O–H groups in total. The number of carbonyl (C=O) groups is 2. The Kier molecular flexibility index (Phi) is 7.22. The van der Waals surface area contributed by atoms with Crippen molar-refractivity contribution in [2.75, 3.05) is 25.5 Å². The molecule has 1 aromatic carbocycles. The molecule has 2 amide bonds. The van der Waals surface area contributed by atoms with Crippen LogP contribution >= 0.6 is 11.3 Å². The summed E-state index contributed by atoms with van der Waals surface area (Å²) in [5.41, 5.74) is 1.86. The standard InChI is InChI=1S/C21H28N4O3S/c1-14-13-29-21(23-14)24-20(27)16-8-10-25(11-9-16)15(2)19(26)22-12-17-6-4-5-7-18(17)28-3/h4-7,13,15-16H,8-12H2,1-3H3,(H,22,26)(H,23,24,27). The summed E-state index contributed by atoms with van der Waals surface area (Å²) in [6.07, 6.45) is 1.47. The van der Waals surface area contributed by atoms with E-state index in [1.165, 1.54) is 11.3 Å². The largest absolute Gasteiger partial charge is 0.496 e. The second-order valence-electron chi connectivity index (χ2n) is 7.30. The van der Waals surface area contributed by atoms with E-state index in [1.54, 1.807) is 7.11 Å². The molecule has 0 radical (unpaired) electrons. The minimum atomic E-state index is -0.240. The summed E-state index contributed by atoms with van der Waals surface area (Å²) in [6, 6.07) is 7.42. The van der Waals surface area contributed by atoms with Crippen molar-refractivity contribution in [1.82, 2.24) is 15.2 Å². The van der Waals surface area contributed by atoms with Crippen LogP contribution in [0.2, 0.25) is 0 Å². The van der Waals surface area contributed by atoms with Gasteiger partial charge < -0.3 is 15.4 Å². The number of amides is 2. The predicted molar refractivity (Wildman–Crippen MR) is 114 cm³/mol. The molecule has 29 heavy (non-hydrogen) atoms. The predicted octanol–water partition coefficient (Wildman–Crippen LogP) is 2.82. The van der Waals surface area contributed by atoms with Gasteiger partial charge in [0.15, 0.2) is 5.13 Å². The molecule has 1 atom stereocenters. The average Bonchev–Trinajstić information content (AvgIpc) is 3.16. The Morgan fingerprint density at radius 1 is 1.31 bits per heavy atom. The topological polar surface area (TPSA) is 83.6 Å². The minimum Gasteiger partial charge on any atom is -0.496 e. The van der Waals surface area contributed by atoms with Crippen molar-refractivity contribution in [3.63, 3.8) is 0 Å². The number of ether oxygens (including phenoxy) is 1. The third kappa shape index (κ3) is 5.55.